The number of aromatic nitrogens is 1. The molecular weight excluding hydrogens is 338 g/mol. The zero-order chi connectivity index (χ0) is 18.4. The molecule has 2 N–H and O–H groups in total. The van der Waals surface area contributed by atoms with Gasteiger partial charge in [-0.2, -0.15) is 22.5 Å². The van der Waals surface area contributed by atoms with Crippen LogP contribution in [0.3, 0.4) is 0 Å². The van der Waals surface area contributed by atoms with Gasteiger partial charge >= 0.3 is 0 Å². The predicted octanol–water partition coefficient (Wildman–Crippen LogP) is 3.78. The minimum Gasteiger partial charge on any atom is -0.376 e. The molecule has 0 aliphatic heterocycles. The maximum absolute atomic E-state index is 13.5. The summed E-state index contributed by atoms with van der Waals surface area (Å²) in [6.45, 7) is 2.50. The fourth-order valence-corrected chi connectivity index (χ4v) is 2.09. The third kappa shape index (κ3) is 4.68. The monoisotopic (exact) mass is 355 g/mol. The highest BCUT2D eigenvalue weighted by Crippen LogP contribution is 2.22. The van der Waals surface area contributed by atoms with Gasteiger partial charge in [-0.1, -0.05) is 25.5 Å². The fourth-order valence-electron chi connectivity index (χ4n) is 2.09. The fraction of sp³-hybridized carbons (Fsp3) is 0.294. The number of amides is 1. The molecule has 25 heavy (non-hydrogen) atoms. The second kappa shape index (κ2) is 8.46. The summed E-state index contributed by atoms with van der Waals surface area (Å²) in [7, 11) is 0. The first-order valence-corrected chi connectivity index (χ1v) is 7.75. The van der Waals surface area contributed by atoms with Crippen molar-refractivity contribution in [3.05, 3.63) is 58.9 Å². The van der Waals surface area contributed by atoms with Gasteiger partial charge in [-0.05, 0) is 24.1 Å². The number of carbonyl (C=O) groups is 1. The summed E-state index contributed by atoms with van der Waals surface area (Å²) in [6.07, 6.45) is 1.85. The topological polar surface area (TPSA) is 54.0 Å². The summed E-state index contributed by atoms with van der Waals surface area (Å²) in [5, 5.41) is 5.06. The SMILES string of the molecule is CCCCNC(=O)c1ccc(CNc2c(F)c(F)nc(F)c2F)cc1. The third-order valence-electron chi connectivity index (χ3n) is 3.50. The Morgan fingerprint density at radius 2 is 1.64 bits per heavy atom. The van der Waals surface area contributed by atoms with Gasteiger partial charge in [0.1, 0.15) is 5.69 Å². The molecule has 0 atom stereocenters. The van der Waals surface area contributed by atoms with Crippen molar-refractivity contribution in [2.24, 2.45) is 0 Å². The quantitative estimate of drug-likeness (QED) is 0.451. The van der Waals surface area contributed by atoms with E-state index in [2.05, 4.69) is 15.6 Å². The number of carbonyl (C=O) groups excluding carboxylic acids is 1. The van der Waals surface area contributed by atoms with E-state index >= 15 is 0 Å². The first kappa shape index (κ1) is 18.7. The Labute approximate surface area is 142 Å². The molecule has 1 heterocycles. The molecule has 0 saturated carbocycles. The van der Waals surface area contributed by atoms with E-state index < -0.39 is 29.2 Å². The molecule has 134 valence electrons. The van der Waals surface area contributed by atoms with Crippen molar-refractivity contribution < 1.29 is 22.4 Å². The van der Waals surface area contributed by atoms with Crippen molar-refractivity contribution in [3.63, 3.8) is 0 Å². The van der Waals surface area contributed by atoms with E-state index in [0.29, 0.717) is 17.7 Å². The lowest BCUT2D eigenvalue weighted by Gasteiger charge is -2.10. The number of unbranched alkanes of at least 4 members (excludes halogenated alkanes) is 1. The first-order chi connectivity index (χ1) is 11.9. The van der Waals surface area contributed by atoms with Crippen molar-refractivity contribution in [1.82, 2.24) is 10.3 Å². The second-order valence-corrected chi connectivity index (χ2v) is 5.36. The van der Waals surface area contributed by atoms with Gasteiger partial charge in [-0.25, -0.2) is 0 Å². The van der Waals surface area contributed by atoms with Gasteiger partial charge in [-0.3, -0.25) is 4.79 Å². The van der Waals surface area contributed by atoms with Crippen LogP contribution in [0.4, 0.5) is 23.2 Å². The second-order valence-electron chi connectivity index (χ2n) is 5.36. The molecule has 8 heteroatoms. The van der Waals surface area contributed by atoms with Gasteiger partial charge in [0.25, 0.3) is 17.8 Å². The molecule has 1 aromatic heterocycles. The van der Waals surface area contributed by atoms with Crippen molar-refractivity contribution in [3.8, 4) is 0 Å². The number of nitrogens with one attached hydrogen (secondary N) is 2. The number of nitrogens with zero attached hydrogens (tertiary/aromatic N) is 1. The highest BCUT2D eigenvalue weighted by atomic mass is 19.2. The molecule has 0 spiro atoms. The average Bonchev–Trinajstić information content (AvgIpc) is 2.60. The molecule has 4 nitrogen and oxygen atoms in total. The molecule has 0 radical (unpaired) electrons. The Kier molecular flexibility index (Phi) is 6.32. The summed E-state index contributed by atoms with van der Waals surface area (Å²) in [6, 6.07) is 6.26. The standard InChI is InChI=1S/C17H17F4N3O/c1-2-3-8-22-17(25)11-6-4-10(5-7-11)9-23-14-12(18)15(20)24-16(21)13(14)19/h4-7H,2-3,8-9H2,1H3,(H,22,25)(H,23,24). The van der Waals surface area contributed by atoms with Crippen LogP contribution in [0.5, 0.6) is 0 Å². The molecule has 0 bridgehead atoms. The van der Waals surface area contributed by atoms with Crippen LogP contribution in [0.15, 0.2) is 24.3 Å². The normalized spacial score (nSPS) is 10.6. The van der Waals surface area contributed by atoms with Crippen LogP contribution in [-0.4, -0.2) is 17.4 Å². The maximum Gasteiger partial charge on any atom is 0.253 e. The number of halogens is 4. The molecule has 0 fully saturated rings. The minimum absolute atomic E-state index is 0.0888. The summed E-state index contributed by atoms with van der Waals surface area (Å²) in [4.78, 5) is 14.3. The smallest absolute Gasteiger partial charge is 0.253 e. The van der Waals surface area contributed by atoms with Crippen LogP contribution < -0.4 is 10.6 Å². The molecule has 1 amide bonds. The predicted molar refractivity (Wildman–Crippen MR) is 85.1 cm³/mol. The van der Waals surface area contributed by atoms with Crippen molar-refractivity contribution in [2.45, 2.75) is 26.3 Å². The highest BCUT2D eigenvalue weighted by Gasteiger charge is 2.20. The Hall–Kier alpha value is -2.64. The Morgan fingerprint density at radius 3 is 2.20 bits per heavy atom. The van der Waals surface area contributed by atoms with Gasteiger partial charge in [0.15, 0.2) is 0 Å². The number of anilines is 1. The molecule has 0 aliphatic carbocycles. The number of pyridine rings is 1. The van der Waals surface area contributed by atoms with Crippen molar-refractivity contribution in [2.75, 3.05) is 11.9 Å². The summed E-state index contributed by atoms with van der Waals surface area (Å²) in [5.74, 6) is -6.85. The lowest BCUT2D eigenvalue weighted by atomic mass is 10.1. The molecule has 0 aliphatic rings. The third-order valence-corrected chi connectivity index (χ3v) is 3.50. The van der Waals surface area contributed by atoms with Gasteiger partial charge in [0.05, 0.1) is 0 Å². The highest BCUT2D eigenvalue weighted by molar-refractivity contribution is 5.94. The van der Waals surface area contributed by atoms with Crippen LogP contribution in [-0.2, 0) is 6.54 Å². The molecule has 2 aromatic rings. The van der Waals surface area contributed by atoms with E-state index in [1.807, 2.05) is 6.92 Å². The lowest BCUT2D eigenvalue weighted by molar-refractivity contribution is 0.0953. The minimum atomic E-state index is -1.72. The van der Waals surface area contributed by atoms with Gasteiger partial charge in [-0.15, -0.1) is 0 Å². The number of benzene rings is 1. The van der Waals surface area contributed by atoms with E-state index in [1.165, 1.54) is 0 Å². The zero-order valence-corrected chi connectivity index (χ0v) is 13.5. The Balaban J connectivity index is 2.02. The van der Waals surface area contributed by atoms with Gasteiger partial charge in [0.2, 0.25) is 11.6 Å². The van der Waals surface area contributed by atoms with E-state index in [9.17, 15) is 22.4 Å². The number of rotatable bonds is 7. The molecule has 2 rings (SSSR count). The molecule has 0 unspecified atom stereocenters. The van der Waals surface area contributed by atoms with Crippen molar-refractivity contribution in [1.29, 1.82) is 0 Å². The average molecular weight is 355 g/mol. The largest absolute Gasteiger partial charge is 0.376 e. The van der Waals surface area contributed by atoms with Gasteiger partial charge in [0, 0.05) is 18.7 Å². The van der Waals surface area contributed by atoms with E-state index in [4.69, 9.17) is 0 Å². The van der Waals surface area contributed by atoms with Crippen LogP contribution in [0.25, 0.3) is 0 Å². The van der Waals surface area contributed by atoms with Crippen LogP contribution in [0, 0.1) is 23.5 Å². The van der Waals surface area contributed by atoms with E-state index in [0.717, 1.165) is 12.8 Å². The maximum atomic E-state index is 13.5. The zero-order valence-electron chi connectivity index (χ0n) is 13.5. The van der Waals surface area contributed by atoms with Crippen LogP contribution >= 0.6 is 0 Å². The van der Waals surface area contributed by atoms with Crippen LogP contribution in [0.2, 0.25) is 0 Å². The lowest BCUT2D eigenvalue weighted by Crippen LogP contribution is -2.24. The summed E-state index contributed by atoms with van der Waals surface area (Å²) in [5.41, 5.74) is 0.0890. The molecule has 0 saturated heterocycles. The Bertz CT molecular complexity index is 724. The molecular formula is C17H17F4N3O. The number of hydrogen-bond acceptors (Lipinski definition) is 3. The van der Waals surface area contributed by atoms with Crippen molar-refractivity contribution >= 4 is 11.6 Å². The first-order valence-electron chi connectivity index (χ1n) is 7.75. The number of hydrogen-bond donors (Lipinski definition) is 2. The van der Waals surface area contributed by atoms with Crippen LogP contribution in [0.1, 0.15) is 35.7 Å². The van der Waals surface area contributed by atoms with E-state index in [1.54, 1.807) is 24.3 Å². The van der Waals surface area contributed by atoms with E-state index in [-0.39, 0.29) is 12.5 Å². The Morgan fingerprint density at radius 1 is 1.04 bits per heavy atom. The summed E-state index contributed by atoms with van der Waals surface area (Å²) < 4.78 is 53.1. The molecule has 1 aromatic carbocycles. The van der Waals surface area contributed by atoms with Gasteiger partial charge < -0.3 is 10.6 Å². The summed E-state index contributed by atoms with van der Waals surface area (Å²) >= 11 is 0.